The maximum Gasteiger partial charge on any atom is 0.108 e. The summed E-state index contributed by atoms with van der Waals surface area (Å²) in [6.07, 6.45) is 11.1. The van der Waals surface area contributed by atoms with Crippen molar-refractivity contribution < 1.29 is 4.42 Å². The Bertz CT molecular complexity index is 678. The highest BCUT2D eigenvalue weighted by molar-refractivity contribution is 5.76. The second-order valence-electron chi connectivity index (χ2n) is 3.88. The van der Waals surface area contributed by atoms with Crippen LogP contribution in [0.2, 0.25) is 0 Å². The molecule has 0 fully saturated rings. The third-order valence-electron chi connectivity index (χ3n) is 2.42. The molecule has 2 rings (SSSR count). The van der Waals surface area contributed by atoms with Crippen LogP contribution in [0.15, 0.2) is 96.5 Å². The highest BCUT2D eigenvalue weighted by Gasteiger charge is 1.84. The summed E-state index contributed by atoms with van der Waals surface area (Å²) in [5.74, 6) is 0. The Morgan fingerprint density at radius 2 is 1.43 bits per heavy atom. The molecule has 1 aromatic heterocycles. The van der Waals surface area contributed by atoms with Gasteiger partial charge in [-0.25, -0.2) is 0 Å². The zero-order valence-electron chi connectivity index (χ0n) is 11.4. The smallest absolute Gasteiger partial charge is 0.108 e. The lowest BCUT2D eigenvalue weighted by molar-refractivity contribution is 0.552. The first-order valence-corrected chi connectivity index (χ1v) is 6.44. The molecule has 0 radical (unpaired) electrons. The van der Waals surface area contributed by atoms with Crippen molar-refractivity contribution in [3.8, 4) is 0 Å². The SMILES string of the molecule is c1ccoccnccncccc2ccccc2nc1. The first-order valence-electron chi connectivity index (χ1n) is 6.44. The summed E-state index contributed by atoms with van der Waals surface area (Å²) in [5, 5.41) is 1.02. The summed E-state index contributed by atoms with van der Waals surface area (Å²) in [5.41, 5.74) is 0.891. The quantitative estimate of drug-likeness (QED) is 0.730. The van der Waals surface area contributed by atoms with E-state index in [4.69, 9.17) is 4.42 Å². The van der Waals surface area contributed by atoms with Gasteiger partial charge in [-0.15, -0.1) is 0 Å². The maximum atomic E-state index is 5.10. The van der Waals surface area contributed by atoms with Crippen LogP contribution in [0, 0.1) is 0 Å². The number of nitrogens with zero attached hydrogens (tertiary/aromatic N) is 3. The van der Waals surface area contributed by atoms with Gasteiger partial charge in [-0.1, -0.05) is 24.3 Å². The highest BCUT2D eigenvalue weighted by Crippen LogP contribution is 2.06. The molecule has 0 N–H and O–H groups in total. The van der Waals surface area contributed by atoms with E-state index in [1.807, 2.05) is 36.4 Å². The van der Waals surface area contributed by atoms with Crippen molar-refractivity contribution in [3.05, 3.63) is 92.0 Å². The topological polar surface area (TPSA) is 51.8 Å². The van der Waals surface area contributed by atoms with Crippen LogP contribution in [0.4, 0.5) is 0 Å². The van der Waals surface area contributed by atoms with Gasteiger partial charge >= 0.3 is 0 Å². The van der Waals surface area contributed by atoms with E-state index in [0.717, 1.165) is 10.9 Å². The van der Waals surface area contributed by atoms with Crippen molar-refractivity contribution in [2.24, 2.45) is 0 Å². The van der Waals surface area contributed by atoms with Gasteiger partial charge in [0.2, 0.25) is 0 Å². The van der Waals surface area contributed by atoms with E-state index in [0.29, 0.717) is 0 Å². The minimum Gasteiger partial charge on any atom is -0.471 e. The van der Waals surface area contributed by atoms with Crippen molar-refractivity contribution in [3.63, 3.8) is 0 Å². The van der Waals surface area contributed by atoms with E-state index in [1.54, 1.807) is 43.2 Å². The zero-order valence-corrected chi connectivity index (χ0v) is 11.4. The predicted octanol–water partition coefficient (Wildman–Crippen LogP) is 3.99. The fourth-order valence-electron chi connectivity index (χ4n) is 1.50. The highest BCUT2D eigenvalue weighted by atomic mass is 16.3. The lowest BCUT2D eigenvalue weighted by atomic mass is 10.2. The van der Waals surface area contributed by atoms with Crippen molar-refractivity contribution >= 4 is 10.9 Å². The van der Waals surface area contributed by atoms with Gasteiger partial charge in [0, 0.05) is 30.2 Å². The molecule has 0 aliphatic rings. The molecule has 21 heavy (non-hydrogen) atoms. The van der Waals surface area contributed by atoms with Gasteiger partial charge in [0.15, 0.2) is 0 Å². The molecule has 104 valence electrons. The molecule has 1 heterocycles. The third-order valence-corrected chi connectivity index (χ3v) is 2.42. The molecule has 0 aliphatic heterocycles. The van der Waals surface area contributed by atoms with Gasteiger partial charge < -0.3 is 4.42 Å². The van der Waals surface area contributed by atoms with E-state index >= 15 is 0 Å². The van der Waals surface area contributed by atoms with Gasteiger partial charge in [-0.3, -0.25) is 15.0 Å². The third kappa shape index (κ3) is 5.65. The average molecular weight is 277 g/mol. The molecule has 2 aromatic rings. The molecular formula is C17H15N3O. The molecular weight excluding hydrogens is 262 g/mol. The van der Waals surface area contributed by atoms with E-state index in [-0.39, 0.29) is 0 Å². The monoisotopic (exact) mass is 277 g/mol. The van der Waals surface area contributed by atoms with Crippen LogP contribution in [0.5, 0.6) is 0 Å². The summed E-state index contributed by atoms with van der Waals surface area (Å²) in [4.78, 5) is 12.4. The molecule has 0 saturated carbocycles. The van der Waals surface area contributed by atoms with Gasteiger partial charge in [-0.2, -0.15) is 0 Å². The fraction of sp³-hybridized carbons (Fsp3) is 0. The molecule has 0 bridgehead atoms. The van der Waals surface area contributed by atoms with E-state index in [9.17, 15) is 0 Å². The largest absolute Gasteiger partial charge is 0.471 e. The van der Waals surface area contributed by atoms with Gasteiger partial charge in [0.25, 0.3) is 0 Å². The molecule has 0 amide bonds. The summed E-state index contributed by atoms with van der Waals surface area (Å²) in [7, 11) is 0. The molecule has 4 heteroatoms. The van der Waals surface area contributed by atoms with Crippen LogP contribution in [-0.4, -0.2) is 15.0 Å². The minimum absolute atomic E-state index is 0.891. The normalized spacial score (nSPS) is 8.95. The second-order valence-corrected chi connectivity index (χ2v) is 3.88. The minimum atomic E-state index is 0.891. The zero-order chi connectivity index (χ0) is 14.6. The first-order chi connectivity index (χ1) is 10.5. The Labute approximate surface area is 123 Å². The lowest BCUT2D eigenvalue weighted by Crippen LogP contribution is -1.70. The summed E-state index contributed by atoms with van der Waals surface area (Å²) in [6.45, 7) is 0. The number of rotatable bonds is 0. The van der Waals surface area contributed by atoms with Crippen LogP contribution in [0.1, 0.15) is 0 Å². The number of fused-ring (bicyclic) bond motifs is 1. The summed E-state index contributed by atoms with van der Waals surface area (Å²) < 4.78 is 5.10. The number of para-hydroxylation sites is 1. The van der Waals surface area contributed by atoms with Crippen molar-refractivity contribution in [1.82, 2.24) is 15.0 Å². The van der Waals surface area contributed by atoms with Crippen molar-refractivity contribution in [2.45, 2.75) is 0 Å². The predicted molar refractivity (Wildman–Crippen MR) is 82.5 cm³/mol. The first kappa shape index (κ1) is 14.4. The van der Waals surface area contributed by atoms with Gasteiger partial charge in [-0.05, 0) is 24.3 Å². The summed E-state index contributed by atoms with van der Waals surface area (Å²) >= 11 is 0. The molecule has 1 aromatic carbocycles. The fourth-order valence-corrected chi connectivity index (χ4v) is 1.50. The van der Waals surface area contributed by atoms with Crippen LogP contribution in [0.25, 0.3) is 10.9 Å². The van der Waals surface area contributed by atoms with Crippen LogP contribution < -0.4 is 0 Å². The molecule has 0 atom stereocenters. The maximum absolute atomic E-state index is 5.10. The van der Waals surface area contributed by atoms with Crippen LogP contribution in [-0.2, 0) is 0 Å². The number of hydrogen-bond acceptors (Lipinski definition) is 4. The Morgan fingerprint density at radius 1 is 0.619 bits per heavy atom. The molecule has 0 saturated heterocycles. The van der Waals surface area contributed by atoms with Gasteiger partial charge in [0.1, 0.15) is 6.26 Å². The van der Waals surface area contributed by atoms with E-state index in [1.165, 1.54) is 12.5 Å². The molecule has 0 spiro atoms. The van der Waals surface area contributed by atoms with E-state index in [2.05, 4.69) is 15.0 Å². The van der Waals surface area contributed by atoms with Crippen LogP contribution in [0.3, 0.4) is 0 Å². The van der Waals surface area contributed by atoms with Gasteiger partial charge in [0.05, 0.1) is 18.0 Å². The number of benzene rings is 1. The average Bonchev–Trinajstić information content (AvgIpc) is 2.52. The molecule has 0 unspecified atom stereocenters. The Balaban J connectivity index is 2.56. The number of hydrogen-bond donors (Lipinski definition) is 0. The summed E-state index contributed by atoms with van der Waals surface area (Å²) in [6, 6.07) is 15.2. The van der Waals surface area contributed by atoms with Crippen LogP contribution >= 0.6 is 0 Å². The van der Waals surface area contributed by atoms with Crippen molar-refractivity contribution in [1.29, 1.82) is 0 Å². The molecule has 0 aliphatic carbocycles. The Morgan fingerprint density at radius 3 is 2.38 bits per heavy atom. The van der Waals surface area contributed by atoms with E-state index < -0.39 is 0 Å². The Hall–Kier alpha value is -3.01. The molecule has 4 nitrogen and oxygen atoms in total. The lowest BCUT2D eigenvalue weighted by Gasteiger charge is -1.88. The Kier molecular flexibility index (Phi) is 6.16. The number of aromatic nitrogens is 3. The second kappa shape index (κ2) is 8.98. The standard InChI is InChI=1S/C17H15N3O/c1-2-8-17-16(6-1)7-5-9-18-11-12-19-13-15-21-14-4-3-10-20-17/h1-15H. The van der Waals surface area contributed by atoms with Crippen molar-refractivity contribution in [2.75, 3.05) is 0 Å².